The average molecular weight is 450 g/mol. The minimum atomic E-state index is -3.66. The van der Waals surface area contributed by atoms with Crippen molar-refractivity contribution in [2.24, 2.45) is 0 Å². The van der Waals surface area contributed by atoms with Crippen LogP contribution in [0.5, 0.6) is 0 Å². The van der Waals surface area contributed by atoms with Gasteiger partial charge in [0.2, 0.25) is 10.0 Å². The van der Waals surface area contributed by atoms with Crippen molar-refractivity contribution in [3.05, 3.63) is 72.1 Å². The van der Waals surface area contributed by atoms with Crippen LogP contribution in [0.25, 0.3) is 10.8 Å². The summed E-state index contributed by atoms with van der Waals surface area (Å²) in [5.74, 6) is 0. The Morgan fingerprint density at radius 1 is 1.13 bits per heavy atom. The van der Waals surface area contributed by atoms with E-state index in [2.05, 4.69) is 15.0 Å². The number of halogens is 1. The first-order valence-corrected chi connectivity index (χ1v) is 11.0. The monoisotopic (exact) mass is 449 g/mol. The van der Waals surface area contributed by atoms with Gasteiger partial charge >= 0.3 is 0 Å². The van der Waals surface area contributed by atoms with Gasteiger partial charge in [-0.05, 0) is 49.4 Å². The maximum absolute atomic E-state index is 12.8. The lowest BCUT2D eigenvalue weighted by Gasteiger charge is -2.25. The smallest absolute Gasteiger partial charge is 0.240 e. The van der Waals surface area contributed by atoms with Gasteiger partial charge in [0.1, 0.15) is 0 Å². The van der Waals surface area contributed by atoms with E-state index in [1.807, 2.05) is 37.3 Å². The minimum Gasteiger partial charge on any atom is -0.384 e. The summed E-state index contributed by atoms with van der Waals surface area (Å²) in [5.41, 5.74) is 0.697. The molecule has 0 aliphatic heterocycles. The first kappa shape index (κ1) is 24.2. The largest absolute Gasteiger partial charge is 0.384 e. The first-order chi connectivity index (χ1) is 13.7. The van der Waals surface area contributed by atoms with Crippen molar-refractivity contribution in [3.63, 3.8) is 0 Å². The molecule has 1 heterocycles. The number of fused-ring (bicyclic) bond motifs is 1. The molecule has 162 valence electrons. The number of sulfonamides is 1. The second-order valence-corrected chi connectivity index (χ2v) is 9.35. The van der Waals surface area contributed by atoms with Gasteiger partial charge in [-0.1, -0.05) is 36.4 Å². The number of nitrogens with zero attached hydrogens (tertiary/aromatic N) is 1. The van der Waals surface area contributed by atoms with Crippen molar-refractivity contribution >= 4 is 33.2 Å². The van der Waals surface area contributed by atoms with Crippen LogP contribution in [0.2, 0.25) is 0 Å². The third-order valence-electron chi connectivity index (χ3n) is 4.91. The van der Waals surface area contributed by atoms with E-state index in [9.17, 15) is 13.5 Å². The summed E-state index contributed by atoms with van der Waals surface area (Å²) in [4.78, 5) is 4.36. The predicted octanol–water partition coefficient (Wildman–Crippen LogP) is 3.13. The Bertz CT molecular complexity index is 1090. The van der Waals surface area contributed by atoms with Crippen molar-refractivity contribution in [3.8, 4) is 0 Å². The Morgan fingerprint density at radius 2 is 1.83 bits per heavy atom. The molecule has 0 aliphatic carbocycles. The summed E-state index contributed by atoms with van der Waals surface area (Å²) >= 11 is 0. The molecule has 1 unspecified atom stereocenters. The second-order valence-electron chi connectivity index (χ2n) is 7.63. The van der Waals surface area contributed by atoms with Crippen LogP contribution >= 0.6 is 12.4 Å². The molecule has 0 bridgehead atoms. The van der Waals surface area contributed by atoms with E-state index in [0.29, 0.717) is 13.1 Å². The summed E-state index contributed by atoms with van der Waals surface area (Å²) in [7, 11) is -3.66. The summed E-state index contributed by atoms with van der Waals surface area (Å²) < 4.78 is 28.2. The first-order valence-electron chi connectivity index (χ1n) is 9.54. The fourth-order valence-corrected chi connectivity index (χ4v) is 4.53. The third kappa shape index (κ3) is 5.77. The molecule has 0 fully saturated rings. The molecule has 8 heteroatoms. The van der Waals surface area contributed by atoms with Crippen LogP contribution in [0, 0.1) is 6.92 Å². The highest BCUT2D eigenvalue weighted by atomic mass is 35.5. The van der Waals surface area contributed by atoms with Gasteiger partial charge in [-0.2, -0.15) is 0 Å². The molecule has 0 saturated carbocycles. The molecule has 2 atom stereocenters. The topological polar surface area (TPSA) is 91.3 Å². The highest BCUT2D eigenvalue weighted by Crippen LogP contribution is 2.22. The fourth-order valence-electron chi connectivity index (χ4n) is 3.26. The fraction of sp³-hybridized carbons (Fsp3) is 0.318. The van der Waals surface area contributed by atoms with E-state index in [4.69, 9.17) is 0 Å². The molecule has 0 aliphatic rings. The third-order valence-corrected chi connectivity index (χ3v) is 6.50. The van der Waals surface area contributed by atoms with Gasteiger partial charge in [-0.3, -0.25) is 4.98 Å². The molecular formula is C22H28ClN3O3S. The molecule has 0 amide bonds. The van der Waals surface area contributed by atoms with Crippen molar-refractivity contribution in [1.29, 1.82) is 0 Å². The van der Waals surface area contributed by atoms with Crippen LogP contribution in [0.4, 0.5) is 0 Å². The van der Waals surface area contributed by atoms with Crippen LogP contribution in [0.1, 0.15) is 25.0 Å². The summed E-state index contributed by atoms with van der Waals surface area (Å²) in [6.45, 7) is 6.13. The van der Waals surface area contributed by atoms with Crippen LogP contribution in [-0.2, 0) is 15.6 Å². The van der Waals surface area contributed by atoms with E-state index in [1.54, 1.807) is 44.4 Å². The van der Waals surface area contributed by atoms with Gasteiger partial charge in [-0.15, -0.1) is 12.4 Å². The SMILES string of the molecule is Cc1cncc2ccc(S(=O)(=O)N[C@H](C)CNCC(C)(O)c3ccccc3)cc12.Cl. The van der Waals surface area contributed by atoms with Gasteiger partial charge in [0, 0.05) is 36.9 Å². The number of hydrogen-bond donors (Lipinski definition) is 3. The normalized spacial score (nSPS) is 14.7. The van der Waals surface area contributed by atoms with Crippen LogP contribution in [0.3, 0.4) is 0 Å². The van der Waals surface area contributed by atoms with Gasteiger partial charge in [-0.25, -0.2) is 13.1 Å². The van der Waals surface area contributed by atoms with Gasteiger partial charge in [0.05, 0.1) is 10.5 Å². The lowest BCUT2D eigenvalue weighted by molar-refractivity contribution is 0.0568. The zero-order valence-corrected chi connectivity index (χ0v) is 18.9. The van der Waals surface area contributed by atoms with Gasteiger partial charge < -0.3 is 10.4 Å². The van der Waals surface area contributed by atoms with E-state index in [0.717, 1.165) is 21.9 Å². The average Bonchev–Trinajstić information content (AvgIpc) is 2.68. The number of aromatic nitrogens is 1. The minimum absolute atomic E-state index is 0. The number of hydrogen-bond acceptors (Lipinski definition) is 5. The maximum atomic E-state index is 12.8. The molecule has 3 aromatic rings. The number of aryl methyl sites for hydroxylation is 1. The summed E-state index contributed by atoms with van der Waals surface area (Å²) in [6.07, 6.45) is 3.44. The molecular weight excluding hydrogens is 422 g/mol. The van der Waals surface area contributed by atoms with Gasteiger partial charge in [0.25, 0.3) is 0 Å². The van der Waals surface area contributed by atoms with Crippen LogP contribution in [0.15, 0.2) is 65.8 Å². The second kappa shape index (κ2) is 9.85. The molecule has 6 nitrogen and oxygen atoms in total. The standard InChI is InChI=1S/C22H27N3O3S.ClH/c1-16-12-23-14-18-9-10-20(11-21(16)18)29(27,28)25-17(2)13-24-15-22(3,26)19-7-5-4-6-8-19;/h4-12,14,17,24-26H,13,15H2,1-3H3;1H/t17-,22?;/m1./s1. The maximum Gasteiger partial charge on any atom is 0.240 e. The predicted molar refractivity (Wildman–Crippen MR) is 122 cm³/mol. The lowest BCUT2D eigenvalue weighted by Crippen LogP contribution is -2.44. The highest BCUT2D eigenvalue weighted by molar-refractivity contribution is 7.89. The number of rotatable bonds is 8. The number of pyridine rings is 1. The van der Waals surface area contributed by atoms with Crippen LogP contribution < -0.4 is 10.0 Å². The molecule has 0 radical (unpaired) electrons. The van der Waals surface area contributed by atoms with Gasteiger partial charge in [0.15, 0.2) is 0 Å². The van der Waals surface area contributed by atoms with E-state index in [-0.39, 0.29) is 23.3 Å². The summed E-state index contributed by atoms with van der Waals surface area (Å²) in [5, 5.41) is 15.6. The molecule has 30 heavy (non-hydrogen) atoms. The Balaban J connectivity index is 0.00000320. The molecule has 3 N–H and O–H groups in total. The summed E-state index contributed by atoms with van der Waals surface area (Å²) in [6, 6.07) is 14.1. The van der Waals surface area contributed by atoms with E-state index >= 15 is 0 Å². The molecule has 3 rings (SSSR count). The van der Waals surface area contributed by atoms with Crippen molar-refractivity contribution in [2.45, 2.75) is 37.3 Å². The lowest BCUT2D eigenvalue weighted by atomic mass is 9.96. The van der Waals surface area contributed by atoms with Crippen LogP contribution in [-0.4, -0.2) is 37.6 Å². The number of benzene rings is 2. The Kier molecular flexibility index (Phi) is 7.96. The Morgan fingerprint density at radius 3 is 2.53 bits per heavy atom. The Hall–Kier alpha value is -2.03. The zero-order chi connectivity index (χ0) is 21.1. The zero-order valence-electron chi connectivity index (χ0n) is 17.3. The molecule has 1 aromatic heterocycles. The van der Waals surface area contributed by atoms with Crippen molar-refractivity contribution in [1.82, 2.24) is 15.0 Å². The Labute approximate surface area is 184 Å². The van der Waals surface area contributed by atoms with Crippen molar-refractivity contribution < 1.29 is 13.5 Å². The number of aliphatic hydroxyl groups is 1. The van der Waals surface area contributed by atoms with E-state index in [1.165, 1.54) is 0 Å². The molecule has 0 saturated heterocycles. The quantitative estimate of drug-likeness (QED) is 0.491. The molecule has 0 spiro atoms. The highest BCUT2D eigenvalue weighted by Gasteiger charge is 2.23. The van der Waals surface area contributed by atoms with E-state index < -0.39 is 15.6 Å². The molecule has 2 aromatic carbocycles. The van der Waals surface area contributed by atoms with Crippen molar-refractivity contribution in [2.75, 3.05) is 13.1 Å². The number of nitrogens with one attached hydrogen (secondary N) is 2.